The summed E-state index contributed by atoms with van der Waals surface area (Å²) < 4.78 is 5.56. The monoisotopic (exact) mass is 295 g/mol. The van der Waals surface area contributed by atoms with Crippen LogP contribution in [-0.4, -0.2) is 34.6 Å². The number of nitrogens with zero attached hydrogens (tertiary/aromatic N) is 1. The lowest BCUT2D eigenvalue weighted by molar-refractivity contribution is -0.136. The maximum atomic E-state index is 11.7. The summed E-state index contributed by atoms with van der Waals surface area (Å²) in [7, 11) is 0. The Morgan fingerprint density at radius 2 is 2.31 bits per heavy atom. The van der Waals surface area contributed by atoms with Crippen LogP contribution in [0, 0.1) is 5.92 Å². The van der Waals surface area contributed by atoms with Crippen LogP contribution in [0.2, 0.25) is 0 Å². The molecule has 3 nitrogen and oxygen atoms in total. The lowest BCUT2D eigenvalue weighted by Gasteiger charge is -2.30. The molecule has 13 heavy (non-hydrogen) atoms. The number of alkyl halides is 1. The van der Waals surface area contributed by atoms with Gasteiger partial charge in [-0.2, -0.15) is 0 Å². The summed E-state index contributed by atoms with van der Waals surface area (Å²) in [6, 6.07) is 0. The molecule has 1 saturated heterocycles. The normalized spacial score (nSPS) is 29.0. The van der Waals surface area contributed by atoms with Gasteiger partial charge in [0, 0.05) is 13.0 Å². The molecular weight excluding hydrogens is 281 g/mol. The van der Waals surface area contributed by atoms with E-state index in [1.165, 1.54) is 12.8 Å². The first-order chi connectivity index (χ1) is 6.25. The summed E-state index contributed by atoms with van der Waals surface area (Å²) in [4.78, 5) is 13.6. The zero-order valence-corrected chi connectivity index (χ0v) is 9.70. The molecule has 2 fully saturated rings. The van der Waals surface area contributed by atoms with Crippen molar-refractivity contribution in [3.63, 3.8) is 0 Å². The van der Waals surface area contributed by atoms with Crippen molar-refractivity contribution in [2.45, 2.75) is 23.4 Å². The third-order valence-corrected chi connectivity index (χ3v) is 3.29. The van der Waals surface area contributed by atoms with Gasteiger partial charge in [0.1, 0.15) is 4.11 Å². The number of carbonyl (C=O) groups is 1. The Morgan fingerprint density at radius 1 is 1.54 bits per heavy atom. The van der Waals surface area contributed by atoms with E-state index >= 15 is 0 Å². The first kappa shape index (κ1) is 9.71. The van der Waals surface area contributed by atoms with Gasteiger partial charge in [0.25, 0.3) is 0 Å². The summed E-state index contributed by atoms with van der Waals surface area (Å²) in [5.41, 5.74) is 0. The molecule has 0 bridgehead atoms. The van der Waals surface area contributed by atoms with Gasteiger partial charge in [-0.3, -0.25) is 4.79 Å². The molecule has 1 atom stereocenters. The second-order valence-corrected chi connectivity index (χ2v) is 5.16. The zero-order chi connectivity index (χ0) is 9.26. The topological polar surface area (TPSA) is 29.5 Å². The molecule has 74 valence electrons. The molecule has 1 heterocycles. The van der Waals surface area contributed by atoms with Crippen LogP contribution in [0.1, 0.15) is 19.3 Å². The lowest BCUT2D eigenvalue weighted by atomic mass is 10.2. The lowest BCUT2D eigenvalue weighted by Crippen LogP contribution is -2.43. The number of ether oxygens (including phenoxy) is 1. The van der Waals surface area contributed by atoms with Gasteiger partial charge in [0.15, 0.2) is 0 Å². The van der Waals surface area contributed by atoms with Crippen LogP contribution >= 0.6 is 22.6 Å². The van der Waals surface area contributed by atoms with Gasteiger partial charge < -0.3 is 9.64 Å². The maximum absolute atomic E-state index is 11.7. The number of hydrogen-bond donors (Lipinski definition) is 0. The predicted octanol–water partition coefficient (Wildman–Crippen LogP) is 1.41. The van der Waals surface area contributed by atoms with Crippen LogP contribution in [0.5, 0.6) is 0 Å². The number of hydrogen-bond acceptors (Lipinski definition) is 2. The van der Waals surface area contributed by atoms with Crippen molar-refractivity contribution >= 4 is 28.5 Å². The van der Waals surface area contributed by atoms with Gasteiger partial charge in [-0.1, -0.05) is 0 Å². The van der Waals surface area contributed by atoms with Crippen molar-refractivity contribution < 1.29 is 9.53 Å². The molecule has 0 unspecified atom stereocenters. The predicted molar refractivity (Wildman–Crippen MR) is 57.7 cm³/mol. The highest BCUT2D eigenvalue weighted by Gasteiger charge is 2.29. The van der Waals surface area contributed by atoms with Crippen molar-refractivity contribution in [2.24, 2.45) is 5.92 Å². The highest BCUT2D eigenvalue weighted by atomic mass is 127. The van der Waals surface area contributed by atoms with Gasteiger partial charge >= 0.3 is 0 Å². The van der Waals surface area contributed by atoms with Crippen LogP contribution < -0.4 is 0 Å². The Morgan fingerprint density at radius 3 is 2.92 bits per heavy atom. The standard InChI is InChI=1S/C9H14INO2/c10-8-6-11(3-4-13-8)9(12)5-7-1-2-7/h7-8H,1-6H2/t8-/m1/s1. The molecule has 0 aromatic heterocycles. The summed E-state index contributed by atoms with van der Waals surface area (Å²) in [6.07, 6.45) is 3.27. The molecule has 0 radical (unpaired) electrons. The highest BCUT2D eigenvalue weighted by molar-refractivity contribution is 14.1. The molecular formula is C9H14INO2. The average Bonchev–Trinajstić information content (AvgIpc) is 2.88. The Hall–Kier alpha value is 0.160. The van der Waals surface area contributed by atoms with E-state index in [4.69, 9.17) is 4.74 Å². The third-order valence-electron chi connectivity index (χ3n) is 2.54. The Bertz CT molecular complexity index is 206. The largest absolute Gasteiger partial charge is 0.364 e. The number of halogens is 1. The number of amides is 1. The van der Waals surface area contributed by atoms with Crippen molar-refractivity contribution in [1.29, 1.82) is 0 Å². The van der Waals surface area contributed by atoms with E-state index in [0.717, 1.165) is 19.5 Å². The minimum absolute atomic E-state index is 0.189. The van der Waals surface area contributed by atoms with Gasteiger partial charge in [-0.25, -0.2) is 0 Å². The van der Waals surface area contributed by atoms with Crippen molar-refractivity contribution in [1.82, 2.24) is 4.90 Å². The molecule has 2 aliphatic rings. The molecule has 0 aromatic carbocycles. The zero-order valence-electron chi connectivity index (χ0n) is 7.54. The van der Waals surface area contributed by atoms with Crippen molar-refractivity contribution in [3.8, 4) is 0 Å². The van der Waals surface area contributed by atoms with E-state index in [2.05, 4.69) is 22.6 Å². The Balaban J connectivity index is 1.80. The minimum Gasteiger partial charge on any atom is -0.364 e. The van der Waals surface area contributed by atoms with Crippen LogP contribution in [0.4, 0.5) is 0 Å². The van der Waals surface area contributed by atoms with E-state index in [0.29, 0.717) is 18.4 Å². The first-order valence-electron chi connectivity index (χ1n) is 4.79. The number of morpholine rings is 1. The van der Waals surface area contributed by atoms with E-state index in [9.17, 15) is 4.79 Å². The average molecular weight is 295 g/mol. The molecule has 1 saturated carbocycles. The quantitative estimate of drug-likeness (QED) is 0.569. The second kappa shape index (κ2) is 4.13. The summed E-state index contributed by atoms with van der Waals surface area (Å²) in [6.45, 7) is 2.25. The Labute approximate surface area is 91.9 Å². The van der Waals surface area contributed by atoms with E-state index in [1.54, 1.807) is 0 Å². The smallest absolute Gasteiger partial charge is 0.223 e. The minimum atomic E-state index is 0.189. The fraction of sp³-hybridized carbons (Fsp3) is 0.889. The molecule has 1 aliphatic heterocycles. The van der Waals surface area contributed by atoms with E-state index in [1.807, 2.05) is 4.90 Å². The van der Waals surface area contributed by atoms with Crippen LogP contribution in [0.3, 0.4) is 0 Å². The number of carbonyl (C=O) groups excluding carboxylic acids is 1. The van der Waals surface area contributed by atoms with Gasteiger partial charge in [-0.15, -0.1) is 0 Å². The summed E-state index contributed by atoms with van der Waals surface area (Å²) in [5.74, 6) is 1.02. The molecule has 1 aliphatic carbocycles. The third kappa shape index (κ3) is 2.80. The highest BCUT2D eigenvalue weighted by Crippen LogP contribution is 2.33. The second-order valence-electron chi connectivity index (χ2n) is 3.77. The maximum Gasteiger partial charge on any atom is 0.223 e. The van der Waals surface area contributed by atoms with Crippen LogP contribution in [0.25, 0.3) is 0 Å². The Kier molecular flexibility index (Phi) is 3.08. The van der Waals surface area contributed by atoms with Crippen molar-refractivity contribution in [2.75, 3.05) is 19.7 Å². The molecule has 0 N–H and O–H groups in total. The SMILES string of the molecule is O=C(CC1CC1)N1CCO[C@@H](I)C1. The molecule has 4 heteroatoms. The van der Waals surface area contributed by atoms with Gasteiger partial charge in [0.2, 0.25) is 5.91 Å². The van der Waals surface area contributed by atoms with E-state index in [-0.39, 0.29) is 4.11 Å². The summed E-state index contributed by atoms with van der Waals surface area (Å²) in [5, 5.41) is 0. The fourth-order valence-corrected chi connectivity index (χ4v) is 2.26. The molecule has 1 amide bonds. The van der Waals surface area contributed by atoms with Gasteiger partial charge in [0.05, 0.1) is 13.2 Å². The molecule has 0 aromatic rings. The molecule has 0 spiro atoms. The van der Waals surface area contributed by atoms with Gasteiger partial charge in [-0.05, 0) is 41.4 Å². The number of rotatable bonds is 2. The fourth-order valence-electron chi connectivity index (χ4n) is 1.53. The van der Waals surface area contributed by atoms with Crippen LogP contribution in [-0.2, 0) is 9.53 Å². The van der Waals surface area contributed by atoms with Crippen LogP contribution in [0.15, 0.2) is 0 Å². The van der Waals surface area contributed by atoms with Crippen molar-refractivity contribution in [3.05, 3.63) is 0 Å². The first-order valence-corrected chi connectivity index (χ1v) is 6.03. The van der Waals surface area contributed by atoms with E-state index < -0.39 is 0 Å². The summed E-state index contributed by atoms with van der Waals surface area (Å²) >= 11 is 2.24. The molecule has 2 rings (SSSR count).